The van der Waals surface area contributed by atoms with Crippen molar-refractivity contribution in [2.24, 2.45) is 0 Å². The number of rotatable bonds is 5. The van der Waals surface area contributed by atoms with Gasteiger partial charge in [0.05, 0.1) is 12.8 Å². The number of amides is 2. The molecule has 2 N–H and O–H groups in total. The van der Waals surface area contributed by atoms with Gasteiger partial charge in [0.15, 0.2) is 0 Å². The van der Waals surface area contributed by atoms with Gasteiger partial charge in [-0.25, -0.2) is 0 Å². The molecule has 1 aliphatic rings. The summed E-state index contributed by atoms with van der Waals surface area (Å²) in [7, 11) is 3.50. The molecule has 0 fully saturated rings. The van der Waals surface area contributed by atoms with E-state index in [9.17, 15) is 9.59 Å². The topological polar surface area (TPSA) is 70.7 Å². The number of hydrogen-bond acceptors (Lipinski definition) is 4. The molecule has 0 bridgehead atoms. The molecule has 6 nitrogen and oxygen atoms in total. The molecular weight excluding hydrogens is 426 g/mol. The lowest BCUT2D eigenvalue weighted by atomic mass is 9.99. The third-order valence-electron chi connectivity index (χ3n) is 6.40. The highest BCUT2D eigenvalue weighted by molar-refractivity contribution is 6.09. The second-order valence-corrected chi connectivity index (χ2v) is 8.69. The van der Waals surface area contributed by atoms with Crippen LogP contribution in [0.25, 0.3) is 0 Å². The highest BCUT2D eigenvalue weighted by Gasteiger charge is 2.27. The maximum absolute atomic E-state index is 13.6. The van der Waals surface area contributed by atoms with E-state index in [-0.39, 0.29) is 17.9 Å². The minimum absolute atomic E-state index is 0.0862. The molecule has 3 aromatic carbocycles. The first kappa shape index (κ1) is 23.5. The van der Waals surface area contributed by atoms with Crippen LogP contribution in [0.2, 0.25) is 0 Å². The number of nitrogens with one attached hydrogen (secondary N) is 2. The number of fused-ring (bicyclic) bond motifs is 1. The van der Waals surface area contributed by atoms with E-state index in [0.717, 1.165) is 29.7 Å². The SMILES string of the molecule is CNC1CCCN(C(=O)c2ccc(NC(=O)c3ccccc3C)c(OC)c2)c2ccc(C)cc21. The summed E-state index contributed by atoms with van der Waals surface area (Å²) in [4.78, 5) is 28.3. The van der Waals surface area contributed by atoms with Crippen LogP contribution in [0.4, 0.5) is 11.4 Å². The molecule has 2 amide bonds. The van der Waals surface area contributed by atoms with E-state index >= 15 is 0 Å². The van der Waals surface area contributed by atoms with E-state index < -0.39 is 0 Å². The Balaban J connectivity index is 1.63. The van der Waals surface area contributed by atoms with Gasteiger partial charge in [-0.3, -0.25) is 9.59 Å². The lowest BCUT2D eigenvalue weighted by Crippen LogP contribution is -2.32. The Labute approximate surface area is 200 Å². The van der Waals surface area contributed by atoms with Crippen LogP contribution < -0.4 is 20.3 Å². The zero-order valence-electron chi connectivity index (χ0n) is 20.1. The van der Waals surface area contributed by atoms with Crippen LogP contribution in [0.3, 0.4) is 0 Å². The molecule has 1 atom stereocenters. The molecule has 34 heavy (non-hydrogen) atoms. The Kier molecular flexibility index (Phi) is 6.98. The molecule has 0 radical (unpaired) electrons. The van der Waals surface area contributed by atoms with Gasteiger partial charge in [-0.2, -0.15) is 0 Å². The predicted octanol–water partition coefficient (Wildman–Crippen LogP) is 5.27. The number of carbonyl (C=O) groups is 2. The number of benzene rings is 3. The minimum Gasteiger partial charge on any atom is -0.495 e. The summed E-state index contributed by atoms with van der Waals surface area (Å²) in [5.74, 6) is 0.141. The standard InChI is InChI=1S/C28H31N3O3/c1-18-11-14-25-22(16-18)23(29-3)10-7-15-31(25)28(33)20-12-13-24(26(17-20)34-4)30-27(32)21-9-6-5-8-19(21)2/h5-6,8-9,11-14,16-17,23,29H,7,10,15H2,1-4H3,(H,30,32). The summed E-state index contributed by atoms with van der Waals surface area (Å²) >= 11 is 0. The van der Waals surface area contributed by atoms with Crippen LogP contribution in [0.5, 0.6) is 5.75 Å². The summed E-state index contributed by atoms with van der Waals surface area (Å²) in [6.07, 6.45) is 1.86. The molecule has 0 spiro atoms. The average Bonchev–Trinajstić information content (AvgIpc) is 3.02. The van der Waals surface area contributed by atoms with E-state index in [0.29, 0.717) is 29.1 Å². The quantitative estimate of drug-likeness (QED) is 0.548. The van der Waals surface area contributed by atoms with Gasteiger partial charge in [0.2, 0.25) is 0 Å². The van der Waals surface area contributed by atoms with E-state index in [2.05, 4.69) is 23.6 Å². The maximum atomic E-state index is 13.6. The summed E-state index contributed by atoms with van der Waals surface area (Å²) < 4.78 is 5.54. The van der Waals surface area contributed by atoms with E-state index in [4.69, 9.17) is 4.74 Å². The first-order chi connectivity index (χ1) is 16.4. The van der Waals surface area contributed by atoms with Gasteiger partial charge in [0.25, 0.3) is 11.8 Å². The Morgan fingerprint density at radius 3 is 2.56 bits per heavy atom. The average molecular weight is 458 g/mol. The number of ether oxygens (including phenoxy) is 1. The third kappa shape index (κ3) is 4.68. The summed E-state index contributed by atoms with van der Waals surface area (Å²) in [6, 6.07) is 19.0. The largest absolute Gasteiger partial charge is 0.495 e. The second kappa shape index (κ2) is 10.1. The molecular formula is C28H31N3O3. The van der Waals surface area contributed by atoms with Crippen molar-refractivity contribution in [2.45, 2.75) is 32.7 Å². The minimum atomic E-state index is -0.217. The fourth-order valence-electron chi connectivity index (χ4n) is 4.54. The molecule has 0 aromatic heterocycles. The number of methoxy groups -OCH3 is 1. The molecule has 0 aliphatic carbocycles. The fourth-order valence-corrected chi connectivity index (χ4v) is 4.54. The molecule has 1 aliphatic heterocycles. The number of carbonyl (C=O) groups excluding carboxylic acids is 2. The molecule has 176 valence electrons. The Morgan fingerprint density at radius 2 is 1.82 bits per heavy atom. The van der Waals surface area contributed by atoms with Crippen molar-refractivity contribution >= 4 is 23.2 Å². The normalized spacial score (nSPS) is 15.3. The maximum Gasteiger partial charge on any atom is 0.258 e. The lowest BCUT2D eigenvalue weighted by molar-refractivity contribution is 0.0985. The molecule has 4 rings (SSSR count). The molecule has 3 aromatic rings. The van der Waals surface area contributed by atoms with Crippen molar-refractivity contribution in [1.82, 2.24) is 5.32 Å². The first-order valence-electron chi connectivity index (χ1n) is 11.6. The highest BCUT2D eigenvalue weighted by atomic mass is 16.5. The predicted molar refractivity (Wildman–Crippen MR) is 136 cm³/mol. The van der Waals surface area contributed by atoms with Crippen LogP contribution in [-0.2, 0) is 0 Å². The molecule has 0 saturated carbocycles. The molecule has 1 heterocycles. The van der Waals surface area contributed by atoms with Crippen LogP contribution in [0.1, 0.15) is 56.3 Å². The lowest BCUT2D eigenvalue weighted by Gasteiger charge is -2.25. The molecule has 0 saturated heterocycles. The van der Waals surface area contributed by atoms with Crippen molar-refractivity contribution in [3.63, 3.8) is 0 Å². The van der Waals surface area contributed by atoms with Crippen LogP contribution in [0, 0.1) is 13.8 Å². The summed E-state index contributed by atoms with van der Waals surface area (Å²) in [5.41, 5.74) is 5.77. The van der Waals surface area contributed by atoms with E-state index in [1.165, 1.54) is 12.7 Å². The number of hydrogen-bond donors (Lipinski definition) is 2. The van der Waals surface area contributed by atoms with Crippen molar-refractivity contribution in [1.29, 1.82) is 0 Å². The van der Waals surface area contributed by atoms with Crippen molar-refractivity contribution in [3.8, 4) is 5.75 Å². The highest BCUT2D eigenvalue weighted by Crippen LogP contribution is 2.35. The van der Waals surface area contributed by atoms with Crippen LogP contribution >= 0.6 is 0 Å². The van der Waals surface area contributed by atoms with Crippen molar-refractivity contribution in [2.75, 3.05) is 30.9 Å². The Morgan fingerprint density at radius 1 is 1.03 bits per heavy atom. The Bertz CT molecular complexity index is 1220. The molecule has 6 heteroatoms. The van der Waals surface area contributed by atoms with Gasteiger partial charge < -0.3 is 20.3 Å². The van der Waals surface area contributed by atoms with Gasteiger partial charge in [0.1, 0.15) is 5.75 Å². The Hall–Kier alpha value is -3.64. The van der Waals surface area contributed by atoms with Gasteiger partial charge >= 0.3 is 0 Å². The summed E-state index contributed by atoms with van der Waals surface area (Å²) in [5, 5.41) is 6.30. The first-order valence-corrected chi connectivity index (χ1v) is 11.6. The van der Waals surface area contributed by atoms with E-state index in [1.54, 1.807) is 24.3 Å². The molecule has 1 unspecified atom stereocenters. The van der Waals surface area contributed by atoms with Crippen LogP contribution in [-0.4, -0.2) is 32.5 Å². The van der Waals surface area contributed by atoms with Gasteiger partial charge in [-0.15, -0.1) is 0 Å². The third-order valence-corrected chi connectivity index (χ3v) is 6.40. The smallest absolute Gasteiger partial charge is 0.258 e. The van der Waals surface area contributed by atoms with E-state index in [1.807, 2.05) is 49.2 Å². The van der Waals surface area contributed by atoms with Crippen molar-refractivity contribution in [3.05, 3.63) is 88.5 Å². The number of aryl methyl sites for hydroxylation is 2. The van der Waals surface area contributed by atoms with Gasteiger partial charge in [-0.1, -0.05) is 35.9 Å². The van der Waals surface area contributed by atoms with Crippen LogP contribution in [0.15, 0.2) is 60.7 Å². The second-order valence-electron chi connectivity index (χ2n) is 8.69. The number of anilines is 2. The van der Waals surface area contributed by atoms with Gasteiger partial charge in [0, 0.05) is 29.4 Å². The zero-order valence-corrected chi connectivity index (χ0v) is 20.1. The van der Waals surface area contributed by atoms with Crippen molar-refractivity contribution < 1.29 is 14.3 Å². The monoisotopic (exact) mass is 457 g/mol. The number of nitrogens with zero attached hydrogens (tertiary/aromatic N) is 1. The summed E-state index contributed by atoms with van der Waals surface area (Å²) in [6.45, 7) is 4.60. The zero-order chi connectivity index (χ0) is 24.2. The fraction of sp³-hybridized carbons (Fsp3) is 0.286. The van der Waals surface area contributed by atoms with Gasteiger partial charge in [-0.05, 0) is 75.2 Å².